The number of pyridine rings is 1. The number of aromatic nitrogens is 3. The first-order valence-corrected chi connectivity index (χ1v) is 11.0. The molecule has 1 saturated heterocycles. The lowest BCUT2D eigenvalue weighted by atomic mass is 10.1. The third kappa shape index (κ3) is 5.76. The summed E-state index contributed by atoms with van der Waals surface area (Å²) in [5.74, 6) is 1.68. The fraction of sp³-hybridized carbons (Fsp3) is 0.348. The Morgan fingerprint density at radius 3 is 2.90 bits per heavy atom. The van der Waals surface area contributed by atoms with Crippen LogP contribution in [-0.4, -0.2) is 46.4 Å². The predicted molar refractivity (Wildman–Crippen MR) is 126 cm³/mol. The molecule has 1 fully saturated rings. The maximum Gasteiger partial charge on any atom is 0.191 e. The molecule has 1 aromatic carbocycles. The van der Waals surface area contributed by atoms with Gasteiger partial charge in [0.1, 0.15) is 5.82 Å². The van der Waals surface area contributed by atoms with Crippen LogP contribution in [0.5, 0.6) is 0 Å². The van der Waals surface area contributed by atoms with Crippen LogP contribution in [0.1, 0.15) is 24.5 Å². The van der Waals surface area contributed by atoms with Gasteiger partial charge in [-0.1, -0.05) is 35.9 Å². The average Bonchev–Trinajstić information content (AvgIpc) is 3.45. The van der Waals surface area contributed by atoms with Crippen LogP contribution < -0.4 is 15.5 Å². The summed E-state index contributed by atoms with van der Waals surface area (Å²) >= 11 is 6.32. The van der Waals surface area contributed by atoms with Crippen molar-refractivity contribution in [2.24, 2.45) is 4.99 Å². The molecule has 0 amide bonds. The third-order valence-corrected chi connectivity index (χ3v) is 5.52. The van der Waals surface area contributed by atoms with Gasteiger partial charge in [0.2, 0.25) is 0 Å². The second-order valence-corrected chi connectivity index (χ2v) is 8.01. The summed E-state index contributed by atoms with van der Waals surface area (Å²) in [5.41, 5.74) is 2.39. The Kier molecular flexibility index (Phi) is 7.04. The molecule has 2 aromatic heterocycles. The number of rotatable bonds is 7. The molecule has 1 atom stereocenters. The van der Waals surface area contributed by atoms with E-state index in [0.717, 1.165) is 44.4 Å². The lowest BCUT2D eigenvalue weighted by Crippen LogP contribution is -2.44. The largest absolute Gasteiger partial charge is 0.357 e. The molecule has 0 spiro atoms. The van der Waals surface area contributed by atoms with E-state index in [1.54, 1.807) is 12.4 Å². The Balaban J connectivity index is 1.37. The van der Waals surface area contributed by atoms with E-state index in [1.165, 1.54) is 11.1 Å². The van der Waals surface area contributed by atoms with Gasteiger partial charge in [0.25, 0.3) is 0 Å². The van der Waals surface area contributed by atoms with Crippen molar-refractivity contribution in [1.82, 2.24) is 25.4 Å². The first-order chi connectivity index (χ1) is 15.2. The van der Waals surface area contributed by atoms with Gasteiger partial charge >= 0.3 is 0 Å². The molecular weight excluding hydrogens is 410 g/mol. The van der Waals surface area contributed by atoms with Crippen molar-refractivity contribution in [3.63, 3.8) is 0 Å². The topological polar surface area (TPSA) is 70.4 Å². The molecule has 7 nitrogen and oxygen atoms in total. The second-order valence-electron chi connectivity index (χ2n) is 7.60. The van der Waals surface area contributed by atoms with Gasteiger partial charge in [-0.2, -0.15) is 5.10 Å². The molecule has 4 rings (SSSR count). The molecule has 3 heterocycles. The van der Waals surface area contributed by atoms with E-state index in [4.69, 9.17) is 16.6 Å². The highest BCUT2D eigenvalue weighted by molar-refractivity contribution is 6.32. The standard InChI is InChI=1S/C23H28ClN7/c1-2-25-23(29-20-9-13-30(17-20)22-21(24)8-4-10-26-22)27-15-18-6-3-7-19(14-18)16-31-12-5-11-28-31/h3-8,10-12,14,20H,2,9,13,15-17H2,1H3,(H2,25,27,29). The Bertz CT molecular complexity index is 1000. The number of nitrogens with one attached hydrogen (secondary N) is 2. The van der Waals surface area contributed by atoms with Gasteiger partial charge in [-0.15, -0.1) is 0 Å². The number of benzene rings is 1. The van der Waals surface area contributed by atoms with E-state index in [1.807, 2.05) is 29.1 Å². The molecule has 8 heteroatoms. The molecule has 31 heavy (non-hydrogen) atoms. The maximum atomic E-state index is 6.32. The lowest BCUT2D eigenvalue weighted by Gasteiger charge is -2.20. The van der Waals surface area contributed by atoms with Crippen LogP contribution in [0.2, 0.25) is 5.02 Å². The molecule has 1 aliphatic heterocycles. The van der Waals surface area contributed by atoms with Gasteiger partial charge in [-0.3, -0.25) is 4.68 Å². The smallest absolute Gasteiger partial charge is 0.191 e. The number of guanidine groups is 1. The molecule has 162 valence electrons. The van der Waals surface area contributed by atoms with Crippen molar-refractivity contribution in [2.75, 3.05) is 24.5 Å². The zero-order chi connectivity index (χ0) is 21.5. The molecule has 1 unspecified atom stereocenters. The van der Waals surface area contributed by atoms with Gasteiger partial charge in [0.05, 0.1) is 18.1 Å². The monoisotopic (exact) mass is 437 g/mol. The fourth-order valence-electron chi connectivity index (χ4n) is 3.77. The number of anilines is 1. The van der Waals surface area contributed by atoms with Crippen molar-refractivity contribution in [1.29, 1.82) is 0 Å². The number of aliphatic imine (C=N–C) groups is 1. The Morgan fingerprint density at radius 2 is 2.10 bits per heavy atom. The van der Waals surface area contributed by atoms with Crippen LogP contribution in [0.3, 0.4) is 0 Å². The van der Waals surface area contributed by atoms with Crippen LogP contribution in [0.25, 0.3) is 0 Å². The summed E-state index contributed by atoms with van der Waals surface area (Å²) in [5, 5.41) is 11.9. The van der Waals surface area contributed by atoms with Crippen molar-refractivity contribution in [2.45, 2.75) is 32.5 Å². The van der Waals surface area contributed by atoms with Crippen molar-refractivity contribution in [3.05, 3.63) is 77.2 Å². The highest BCUT2D eigenvalue weighted by Gasteiger charge is 2.25. The van der Waals surface area contributed by atoms with Gasteiger partial charge in [0.15, 0.2) is 5.96 Å². The first kappa shape index (κ1) is 21.2. The van der Waals surface area contributed by atoms with E-state index >= 15 is 0 Å². The molecule has 0 aliphatic carbocycles. The Hall–Kier alpha value is -3.06. The molecule has 0 bridgehead atoms. The SMILES string of the molecule is CCNC(=NCc1cccc(Cn2cccn2)c1)NC1CCN(c2ncccc2Cl)C1. The summed E-state index contributed by atoms with van der Waals surface area (Å²) in [6, 6.07) is 14.5. The minimum Gasteiger partial charge on any atom is -0.357 e. The molecule has 2 N–H and O–H groups in total. The molecule has 3 aromatic rings. The normalized spacial score (nSPS) is 16.5. The third-order valence-electron chi connectivity index (χ3n) is 5.23. The number of halogens is 1. The average molecular weight is 438 g/mol. The minimum absolute atomic E-state index is 0.294. The summed E-state index contributed by atoms with van der Waals surface area (Å²) in [7, 11) is 0. The Morgan fingerprint density at radius 1 is 1.19 bits per heavy atom. The van der Waals surface area contributed by atoms with Crippen LogP contribution in [-0.2, 0) is 13.1 Å². The molecule has 1 aliphatic rings. The quantitative estimate of drug-likeness (QED) is 0.438. The summed E-state index contributed by atoms with van der Waals surface area (Å²) in [6.45, 7) is 6.04. The van der Waals surface area contributed by atoms with Gasteiger partial charge in [-0.05, 0) is 42.7 Å². The predicted octanol–water partition coefficient (Wildman–Crippen LogP) is 3.31. The summed E-state index contributed by atoms with van der Waals surface area (Å²) < 4.78 is 1.92. The summed E-state index contributed by atoms with van der Waals surface area (Å²) in [4.78, 5) is 11.5. The van der Waals surface area contributed by atoms with Gasteiger partial charge in [0, 0.05) is 44.3 Å². The van der Waals surface area contributed by atoms with Crippen molar-refractivity contribution < 1.29 is 0 Å². The number of hydrogen-bond acceptors (Lipinski definition) is 4. The van der Waals surface area contributed by atoms with Crippen LogP contribution in [0.4, 0.5) is 5.82 Å². The van der Waals surface area contributed by atoms with E-state index in [9.17, 15) is 0 Å². The van der Waals surface area contributed by atoms with Crippen LogP contribution >= 0.6 is 11.6 Å². The lowest BCUT2D eigenvalue weighted by molar-refractivity contribution is 0.648. The molecular formula is C23H28ClN7. The highest BCUT2D eigenvalue weighted by atomic mass is 35.5. The molecule has 0 saturated carbocycles. The zero-order valence-corrected chi connectivity index (χ0v) is 18.5. The highest BCUT2D eigenvalue weighted by Crippen LogP contribution is 2.25. The fourth-order valence-corrected chi connectivity index (χ4v) is 4.01. The van der Waals surface area contributed by atoms with E-state index in [2.05, 4.69) is 56.8 Å². The van der Waals surface area contributed by atoms with E-state index in [0.29, 0.717) is 17.6 Å². The van der Waals surface area contributed by atoms with Crippen molar-refractivity contribution in [3.8, 4) is 0 Å². The maximum absolute atomic E-state index is 6.32. The second kappa shape index (κ2) is 10.3. The summed E-state index contributed by atoms with van der Waals surface area (Å²) in [6.07, 6.45) is 6.57. The molecule has 0 radical (unpaired) electrons. The van der Waals surface area contributed by atoms with Gasteiger partial charge in [-0.25, -0.2) is 9.98 Å². The van der Waals surface area contributed by atoms with E-state index < -0.39 is 0 Å². The van der Waals surface area contributed by atoms with E-state index in [-0.39, 0.29) is 0 Å². The van der Waals surface area contributed by atoms with Crippen molar-refractivity contribution >= 4 is 23.4 Å². The van der Waals surface area contributed by atoms with Gasteiger partial charge < -0.3 is 15.5 Å². The minimum atomic E-state index is 0.294. The number of nitrogens with zero attached hydrogens (tertiary/aromatic N) is 5. The van der Waals surface area contributed by atoms with Crippen LogP contribution in [0, 0.1) is 0 Å². The van der Waals surface area contributed by atoms with Crippen LogP contribution in [0.15, 0.2) is 66.0 Å². The Labute approximate surface area is 188 Å². The first-order valence-electron chi connectivity index (χ1n) is 10.7. The zero-order valence-electron chi connectivity index (χ0n) is 17.7. The number of hydrogen-bond donors (Lipinski definition) is 2.